The second kappa shape index (κ2) is 11.1. The van der Waals surface area contributed by atoms with Crippen molar-refractivity contribution in [1.29, 1.82) is 0 Å². The van der Waals surface area contributed by atoms with Crippen molar-refractivity contribution in [2.75, 3.05) is 30.3 Å². The van der Waals surface area contributed by atoms with Crippen LogP contribution in [0.15, 0.2) is 59.2 Å². The van der Waals surface area contributed by atoms with E-state index in [1.165, 1.54) is 12.1 Å². The van der Waals surface area contributed by atoms with E-state index in [9.17, 15) is 14.0 Å². The fourth-order valence-corrected chi connectivity index (χ4v) is 3.82. The van der Waals surface area contributed by atoms with Gasteiger partial charge in [-0.2, -0.15) is 4.98 Å². The number of nitrogens with zero attached hydrogens (tertiary/aromatic N) is 3. The fraction of sp³-hybridized carbons (Fsp3) is 0.250. The molecule has 1 aliphatic heterocycles. The van der Waals surface area contributed by atoms with Gasteiger partial charge in [0.1, 0.15) is 11.6 Å². The van der Waals surface area contributed by atoms with Gasteiger partial charge in [-0.05, 0) is 77.3 Å². The number of hydrogen-bond acceptors (Lipinski definition) is 6. The minimum Gasteiger partial charge on any atom is -0.352 e. The molecule has 0 spiro atoms. The monoisotopic (exact) mass is 526 g/mol. The maximum Gasteiger partial charge on any atom is 0.251 e. The molecule has 3 aromatic rings. The number of nitrogens with one attached hydrogen (secondary N) is 3. The van der Waals surface area contributed by atoms with Gasteiger partial charge in [-0.15, -0.1) is 0 Å². The van der Waals surface area contributed by atoms with E-state index >= 15 is 0 Å². The number of hydrogen-bond donors (Lipinski definition) is 3. The highest BCUT2D eigenvalue weighted by molar-refractivity contribution is 9.10. The minimum absolute atomic E-state index is 0.162. The number of carbonyl (C=O) groups excluding carboxylic acids is 2. The molecular formula is C24H24BrFN6O2. The van der Waals surface area contributed by atoms with E-state index < -0.39 is 0 Å². The summed E-state index contributed by atoms with van der Waals surface area (Å²) in [5.74, 6) is 0.607. The summed E-state index contributed by atoms with van der Waals surface area (Å²) >= 11 is 3.41. The Morgan fingerprint density at radius 2 is 1.76 bits per heavy atom. The molecule has 8 nitrogen and oxygen atoms in total. The Morgan fingerprint density at radius 1 is 1.06 bits per heavy atom. The van der Waals surface area contributed by atoms with Gasteiger partial charge in [0.15, 0.2) is 0 Å². The Labute approximate surface area is 205 Å². The molecule has 1 saturated heterocycles. The van der Waals surface area contributed by atoms with E-state index in [1.54, 1.807) is 42.6 Å². The lowest BCUT2D eigenvalue weighted by Crippen LogP contribution is -2.30. The molecule has 0 aliphatic carbocycles. The predicted molar refractivity (Wildman–Crippen MR) is 132 cm³/mol. The number of benzene rings is 2. The molecule has 10 heteroatoms. The highest BCUT2D eigenvalue weighted by atomic mass is 79.9. The molecule has 34 heavy (non-hydrogen) atoms. The molecule has 0 atom stereocenters. The molecular weight excluding hydrogens is 503 g/mol. The molecule has 0 bridgehead atoms. The second-order valence-electron chi connectivity index (χ2n) is 7.82. The number of halogens is 2. The molecule has 4 rings (SSSR count). The smallest absolute Gasteiger partial charge is 0.251 e. The SMILES string of the molecule is O=C(NCCCN1CCCC1=O)c1ccc(Nc2ncc(Br)c(Nc3ccc(F)cc3)n2)cc1. The van der Waals surface area contributed by atoms with Gasteiger partial charge in [-0.3, -0.25) is 9.59 Å². The largest absolute Gasteiger partial charge is 0.352 e. The van der Waals surface area contributed by atoms with Crippen molar-refractivity contribution < 1.29 is 14.0 Å². The summed E-state index contributed by atoms with van der Waals surface area (Å²) in [6, 6.07) is 13.0. The third-order valence-corrected chi connectivity index (χ3v) is 5.90. The number of aromatic nitrogens is 2. The van der Waals surface area contributed by atoms with Crippen LogP contribution in [0.2, 0.25) is 0 Å². The molecule has 1 aliphatic rings. The van der Waals surface area contributed by atoms with Crippen LogP contribution in [-0.4, -0.2) is 46.3 Å². The molecule has 2 heterocycles. The van der Waals surface area contributed by atoms with Crippen LogP contribution in [0.3, 0.4) is 0 Å². The van der Waals surface area contributed by atoms with E-state index in [-0.39, 0.29) is 17.6 Å². The van der Waals surface area contributed by atoms with Crippen LogP contribution in [0.4, 0.5) is 27.5 Å². The van der Waals surface area contributed by atoms with Crippen molar-refractivity contribution in [3.63, 3.8) is 0 Å². The normalized spacial score (nSPS) is 13.1. The molecule has 176 valence electrons. The van der Waals surface area contributed by atoms with Crippen LogP contribution in [0.5, 0.6) is 0 Å². The van der Waals surface area contributed by atoms with Crippen molar-refractivity contribution in [2.45, 2.75) is 19.3 Å². The van der Waals surface area contributed by atoms with Crippen LogP contribution in [0.1, 0.15) is 29.6 Å². The van der Waals surface area contributed by atoms with Crippen LogP contribution in [-0.2, 0) is 4.79 Å². The average molecular weight is 527 g/mol. The zero-order valence-corrected chi connectivity index (χ0v) is 19.9. The van der Waals surface area contributed by atoms with Crippen LogP contribution >= 0.6 is 15.9 Å². The van der Waals surface area contributed by atoms with Gasteiger partial charge in [-0.1, -0.05) is 0 Å². The van der Waals surface area contributed by atoms with E-state index in [1.807, 2.05) is 4.90 Å². The topological polar surface area (TPSA) is 99.3 Å². The summed E-state index contributed by atoms with van der Waals surface area (Å²) in [5, 5.41) is 9.11. The third kappa shape index (κ3) is 6.28. The molecule has 0 saturated carbocycles. The van der Waals surface area contributed by atoms with Crippen molar-refractivity contribution in [3.8, 4) is 0 Å². The molecule has 0 radical (unpaired) electrons. The summed E-state index contributed by atoms with van der Waals surface area (Å²) in [4.78, 5) is 34.6. The highest BCUT2D eigenvalue weighted by Gasteiger charge is 2.19. The maximum absolute atomic E-state index is 13.1. The zero-order valence-electron chi connectivity index (χ0n) is 18.4. The van der Waals surface area contributed by atoms with Gasteiger partial charge in [0.25, 0.3) is 5.91 Å². The third-order valence-electron chi connectivity index (χ3n) is 5.32. The standard InChI is InChI=1S/C24H24BrFN6O2/c25-20-15-28-24(31-22(20)29-18-10-6-17(26)7-11-18)30-19-8-4-16(5-9-19)23(34)27-12-2-14-32-13-1-3-21(32)33/h4-11,15H,1-3,12-14H2,(H,27,34)(H2,28,29,30,31). The number of anilines is 4. The van der Waals surface area contributed by atoms with Crippen molar-refractivity contribution in [2.24, 2.45) is 0 Å². The Bertz CT molecular complexity index is 1160. The molecule has 1 fully saturated rings. The molecule has 2 aromatic carbocycles. The lowest BCUT2D eigenvalue weighted by atomic mass is 10.2. The van der Waals surface area contributed by atoms with Gasteiger partial charge in [0.2, 0.25) is 11.9 Å². The van der Waals surface area contributed by atoms with Crippen LogP contribution in [0.25, 0.3) is 0 Å². The summed E-state index contributed by atoms with van der Waals surface area (Å²) in [5.41, 5.74) is 1.95. The Morgan fingerprint density at radius 3 is 2.47 bits per heavy atom. The highest BCUT2D eigenvalue weighted by Crippen LogP contribution is 2.25. The molecule has 2 amide bonds. The van der Waals surface area contributed by atoms with E-state index in [0.717, 1.165) is 25.1 Å². The number of likely N-dealkylation sites (tertiary alicyclic amines) is 1. The zero-order chi connectivity index (χ0) is 23.9. The fourth-order valence-electron chi connectivity index (χ4n) is 3.53. The van der Waals surface area contributed by atoms with Gasteiger partial charge < -0.3 is 20.9 Å². The quantitative estimate of drug-likeness (QED) is 0.352. The first-order valence-corrected chi connectivity index (χ1v) is 11.8. The summed E-state index contributed by atoms with van der Waals surface area (Å²) in [6.45, 7) is 2.00. The Balaban J connectivity index is 1.30. The average Bonchev–Trinajstić information content (AvgIpc) is 3.25. The molecule has 3 N–H and O–H groups in total. The summed E-state index contributed by atoms with van der Waals surface area (Å²) < 4.78 is 13.8. The first-order chi connectivity index (χ1) is 16.5. The molecule has 0 unspecified atom stereocenters. The maximum atomic E-state index is 13.1. The van der Waals surface area contributed by atoms with Gasteiger partial charge >= 0.3 is 0 Å². The molecule has 1 aromatic heterocycles. The van der Waals surface area contributed by atoms with Gasteiger partial charge in [0, 0.05) is 49.2 Å². The van der Waals surface area contributed by atoms with Crippen LogP contribution in [0, 0.1) is 5.82 Å². The lowest BCUT2D eigenvalue weighted by Gasteiger charge is -2.15. The predicted octanol–water partition coefficient (Wildman–Crippen LogP) is 4.61. The second-order valence-corrected chi connectivity index (χ2v) is 8.67. The summed E-state index contributed by atoms with van der Waals surface area (Å²) in [6.07, 6.45) is 3.89. The number of carbonyl (C=O) groups is 2. The Hall–Kier alpha value is -3.53. The van der Waals surface area contributed by atoms with Gasteiger partial charge in [-0.25, -0.2) is 9.37 Å². The number of rotatable bonds is 9. The van der Waals surface area contributed by atoms with E-state index in [2.05, 4.69) is 41.8 Å². The Kier molecular flexibility index (Phi) is 7.69. The van der Waals surface area contributed by atoms with Crippen molar-refractivity contribution in [1.82, 2.24) is 20.2 Å². The first-order valence-electron chi connectivity index (χ1n) is 11.0. The van der Waals surface area contributed by atoms with E-state index in [4.69, 9.17) is 0 Å². The van der Waals surface area contributed by atoms with Crippen molar-refractivity contribution in [3.05, 3.63) is 70.6 Å². The number of amides is 2. The van der Waals surface area contributed by atoms with Crippen LogP contribution < -0.4 is 16.0 Å². The minimum atomic E-state index is -0.314. The lowest BCUT2D eigenvalue weighted by molar-refractivity contribution is -0.127. The van der Waals surface area contributed by atoms with Crippen molar-refractivity contribution >= 4 is 50.9 Å². The van der Waals surface area contributed by atoms with E-state index in [0.29, 0.717) is 47.0 Å². The van der Waals surface area contributed by atoms with Gasteiger partial charge in [0.05, 0.1) is 4.47 Å². The first kappa shape index (κ1) is 23.6. The summed E-state index contributed by atoms with van der Waals surface area (Å²) in [7, 11) is 0.